The van der Waals surface area contributed by atoms with E-state index in [0.717, 1.165) is 41.9 Å². The van der Waals surface area contributed by atoms with Gasteiger partial charge in [0.05, 0.1) is 12.2 Å². The van der Waals surface area contributed by atoms with Crippen LogP contribution in [0.15, 0.2) is 17.9 Å². The van der Waals surface area contributed by atoms with Crippen molar-refractivity contribution in [3.63, 3.8) is 0 Å². The number of hydrogen-bond acceptors (Lipinski definition) is 6. The van der Waals surface area contributed by atoms with Crippen molar-refractivity contribution in [1.29, 1.82) is 0 Å². The number of imidazole rings is 1. The van der Waals surface area contributed by atoms with E-state index in [-0.39, 0.29) is 0 Å². The van der Waals surface area contributed by atoms with E-state index in [1.807, 2.05) is 11.6 Å². The third-order valence-corrected chi connectivity index (χ3v) is 4.23. The summed E-state index contributed by atoms with van der Waals surface area (Å²) in [5, 5.41) is 10.1. The maximum absolute atomic E-state index is 5.89. The Labute approximate surface area is 113 Å². The second-order valence-corrected chi connectivity index (χ2v) is 5.38. The van der Waals surface area contributed by atoms with Crippen molar-refractivity contribution < 1.29 is 0 Å². The third kappa shape index (κ3) is 1.57. The number of aromatic nitrogens is 5. The number of thiazole rings is 1. The van der Waals surface area contributed by atoms with Crippen molar-refractivity contribution in [1.82, 2.24) is 24.1 Å². The second-order valence-electron chi connectivity index (χ2n) is 4.50. The van der Waals surface area contributed by atoms with Crippen LogP contribution in [0, 0.1) is 0 Å². The number of rotatable bonds is 2. The maximum atomic E-state index is 5.89. The average Bonchev–Trinajstić information content (AvgIpc) is 3.12. The fraction of sp³-hybridized carbons (Fsp3) is 0.364. The molecular weight excluding hydrogens is 262 g/mol. The molecule has 19 heavy (non-hydrogen) atoms. The molecule has 0 bridgehead atoms. The molecule has 1 aliphatic rings. The number of fused-ring (bicyclic) bond motifs is 2. The molecular formula is C11H13N7S. The lowest BCUT2D eigenvalue weighted by Crippen LogP contribution is -2.34. The van der Waals surface area contributed by atoms with Gasteiger partial charge in [0, 0.05) is 31.2 Å². The number of nitrogens with zero attached hydrogens (tertiary/aromatic N) is 6. The van der Waals surface area contributed by atoms with Crippen LogP contribution in [0.5, 0.6) is 0 Å². The van der Waals surface area contributed by atoms with Crippen molar-refractivity contribution in [3.8, 4) is 0 Å². The van der Waals surface area contributed by atoms with Gasteiger partial charge in [0.25, 0.3) is 0 Å². The molecule has 0 spiro atoms. The Hall–Kier alpha value is -1.93. The van der Waals surface area contributed by atoms with E-state index in [1.165, 1.54) is 0 Å². The monoisotopic (exact) mass is 275 g/mol. The normalized spacial score (nSPS) is 15.1. The minimum atomic E-state index is 0.483. The van der Waals surface area contributed by atoms with Gasteiger partial charge < -0.3 is 15.2 Å². The lowest BCUT2D eigenvalue weighted by Gasteiger charge is -2.27. The largest absolute Gasteiger partial charge is 0.346 e. The van der Waals surface area contributed by atoms with Gasteiger partial charge in [0.15, 0.2) is 16.6 Å². The SMILES string of the molecule is NCc1c(N2CCn3cnnc3C2)nc2sccn12. The van der Waals surface area contributed by atoms with Crippen LogP contribution in [0.3, 0.4) is 0 Å². The molecule has 0 saturated heterocycles. The van der Waals surface area contributed by atoms with Crippen LogP contribution in [0.1, 0.15) is 11.5 Å². The number of nitrogens with two attached hydrogens (primary N) is 1. The topological polar surface area (TPSA) is 77.3 Å². The Morgan fingerprint density at radius 2 is 2.32 bits per heavy atom. The Kier molecular flexibility index (Phi) is 2.32. The predicted molar refractivity (Wildman–Crippen MR) is 72.0 cm³/mol. The molecule has 0 saturated carbocycles. The zero-order valence-corrected chi connectivity index (χ0v) is 11.0. The summed E-state index contributed by atoms with van der Waals surface area (Å²) in [5.74, 6) is 1.95. The summed E-state index contributed by atoms with van der Waals surface area (Å²) in [7, 11) is 0. The fourth-order valence-electron chi connectivity index (χ4n) is 2.51. The molecule has 4 rings (SSSR count). The molecule has 3 aromatic heterocycles. The molecule has 1 aliphatic heterocycles. The minimum Gasteiger partial charge on any atom is -0.346 e. The van der Waals surface area contributed by atoms with Crippen molar-refractivity contribution >= 4 is 22.1 Å². The molecule has 2 N–H and O–H groups in total. The molecule has 4 heterocycles. The molecule has 3 aromatic rings. The maximum Gasteiger partial charge on any atom is 0.195 e. The van der Waals surface area contributed by atoms with E-state index in [0.29, 0.717) is 6.54 Å². The lowest BCUT2D eigenvalue weighted by molar-refractivity contribution is 0.555. The Morgan fingerprint density at radius 3 is 3.21 bits per heavy atom. The highest BCUT2D eigenvalue weighted by Crippen LogP contribution is 2.26. The van der Waals surface area contributed by atoms with Crippen LogP contribution >= 0.6 is 11.3 Å². The average molecular weight is 275 g/mol. The Bertz CT molecular complexity index is 724. The van der Waals surface area contributed by atoms with E-state index in [9.17, 15) is 0 Å². The number of hydrogen-bond donors (Lipinski definition) is 1. The van der Waals surface area contributed by atoms with Gasteiger partial charge >= 0.3 is 0 Å². The fourth-order valence-corrected chi connectivity index (χ4v) is 3.24. The highest BCUT2D eigenvalue weighted by Gasteiger charge is 2.23. The van der Waals surface area contributed by atoms with Crippen molar-refractivity contribution in [2.45, 2.75) is 19.6 Å². The van der Waals surface area contributed by atoms with E-state index in [1.54, 1.807) is 17.7 Å². The van der Waals surface area contributed by atoms with Gasteiger partial charge in [0.2, 0.25) is 0 Å². The summed E-state index contributed by atoms with van der Waals surface area (Å²) in [4.78, 5) is 7.91. The first kappa shape index (κ1) is 10.9. The van der Waals surface area contributed by atoms with Crippen LogP contribution in [0.4, 0.5) is 5.82 Å². The van der Waals surface area contributed by atoms with Gasteiger partial charge in [-0.05, 0) is 0 Å². The van der Waals surface area contributed by atoms with E-state index >= 15 is 0 Å². The zero-order chi connectivity index (χ0) is 12.8. The summed E-state index contributed by atoms with van der Waals surface area (Å²) in [6, 6.07) is 0. The van der Waals surface area contributed by atoms with Crippen molar-refractivity contribution in [3.05, 3.63) is 29.4 Å². The molecule has 0 aromatic carbocycles. The minimum absolute atomic E-state index is 0.483. The molecule has 0 unspecified atom stereocenters. The highest BCUT2D eigenvalue weighted by molar-refractivity contribution is 7.15. The van der Waals surface area contributed by atoms with Crippen LogP contribution in [-0.2, 0) is 19.6 Å². The van der Waals surface area contributed by atoms with Gasteiger partial charge in [-0.15, -0.1) is 21.5 Å². The standard InChI is InChI=1S/C11H13N7S/c12-5-8-10(14-11-18(8)3-4-19-11)16-1-2-17-7-13-15-9(17)6-16/h3-4,7H,1-2,5-6,12H2. The van der Waals surface area contributed by atoms with Crippen LogP contribution in [0.25, 0.3) is 4.96 Å². The van der Waals surface area contributed by atoms with Crippen LogP contribution in [-0.4, -0.2) is 30.7 Å². The van der Waals surface area contributed by atoms with Gasteiger partial charge in [-0.2, -0.15) is 0 Å². The van der Waals surface area contributed by atoms with Crippen LogP contribution in [0.2, 0.25) is 0 Å². The highest BCUT2D eigenvalue weighted by atomic mass is 32.1. The number of anilines is 1. The summed E-state index contributed by atoms with van der Waals surface area (Å²) in [5.41, 5.74) is 6.95. The Balaban J connectivity index is 1.77. The van der Waals surface area contributed by atoms with Crippen molar-refractivity contribution in [2.24, 2.45) is 5.73 Å². The molecule has 98 valence electrons. The molecule has 7 nitrogen and oxygen atoms in total. The van der Waals surface area contributed by atoms with Gasteiger partial charge in [-0.3, -0.25) is 4.40 Å². The summed E-state index contributed by atoms with van der Waals surface area (Å²) < 4.78 is 4.15. The quantitative estimate of drug-likeness (QED) is 0.735. The predicted octanol–water partition coefficient (Wildman–Crippen LogP) is 0.466. The molecule has 0 amide bonds. The molecule has 0 aliphatic carbocycles. The smallest absolute Gasteiger partial charge is 0.195 e. The molecule has 8 heteroatoms. The lowest BCUT2D eigenvalue weighted by atomic mass is 10.3. The van der Waals surface area contributed by atoms with Crippen molar-refractivity contribution in [2.75, 3.05) is 11.4 Å². The summed E-state index contributed by atoms with van der Waals surface area (Å²) in [6.07, 6.45) is 3.80. The van der Waals surface area contributed by atoms with E-state index in [2.05, 4.69) is 24.1 Å². The third-order valence-electron chi connectivity index (χ3n) is 3.47. The second kappa shape index (κ2) is 4.04. The molecule has 0 fully saturated rings. The van der Waals surface area contributed by atoms with E-state index < -0.39 is 0 Å². The Morgan fingerprint density at radius 1 is 1.37 bits per heavy atom. The first-order valence-electron chi connectivity index (χ1n) is 6.13. The van der Waals surface area contributed by atoms with Crippen LogP contribution < -0.4 is 10.6 Å². The first-order valence-corrected chi connectivity index (χ1v) is 7.01. The zero-order valence-electron chi connectivity index (χ0n) is 10.2. The van der Waals surface area contributed by atoms with Gasteiger partial charge in [-0.25, -0.2) is 4.98 Å². The molecule has 0 atom stereocenters. The summed E-state index contributed by atoms with van der Waals surface area (Å²) >= 11 is 1.63. The van der Waals surface area contributed by atoms with Gasteiger partial charge in [-0.1, -0.05) is 0 Å². The van der Waals surface area contributed by atoms with E-state index in [4.69, 9.17) is 10.7 Å². The molecule has 0 radical (unpaired) electrons. The van der Waals surface area contributed by atoms with Gasteiger partial charge in [0.1, 0.15) is 6.33 Å². The summed E-state index contributed by atoms with van der Waals surface area (Å²) in [6.45, 7) is 3.01. The first-order chi connectivity index (χ1) is 9.36.